The fourth-order valence-corrected chi connectivity index (χ4v) is 4.11. The molecule has 1 aliphatic carbocycles. The Labute approximate surface area is 151 Å². The van der Waals surface area contributed by atoms with Gasteiger partial charge in [-0.3, -0.25) is 0 Å². The normalized spacial score (nSPS) is 25.7. The topological polar surface area (TPSA) is 47.6 Å². The van der Waals surface area contributed by atoms with Crippen LogP contribution in [0.25, 0.3) is 0 Å². The van der Waals surface area contributed by atoms with E-state index < -0.39 is 30.0 Å². The molecule has 1 aromatic carbocycles. The zero-order valence-corrected chi connectivity index (χ0v) is 14.9. The van der Waals surface area contributed by atoms with Crippen LogP contribution in [0.15, 0.2) is 18.2 Å². The van der Waals surface area contributed by atoms with E-state index in [2.05, 4.69) is 5.32 Å². The average molecular weight is 371 g/mol. The molecular weight excluding hydrogens is 347 g/mol. The summed E-state index contributed by atoms with van der Waals surface area (Å²) in [5, 5.41) is 2.60. The highest BCUT2D eigenvalue weighted by Gasteiger charge is 2.39. The van der Waals surface area contributed by atoms with Crippen molar-refractivity contribution >= 4 is 6.09 Å². The Morgan fingerprint density at radius 2 is 1.92 bits per heavy atom. The van der Waals surface area contributed by atoms with Gasteiger partial charge in [0.05, 0.1) is 17.7 Å². The first-order valence-electron chi connectivity index (χ1n) is 9.02. The molecule has 1 heterocycles. The molecule has 0 spiro atoms. The highest BCUT2D eigenvalue weighted by molar-refractivity contribution is 5.70. The van der Waals surface area contributed by atoms with Crippen molar-refractivity contribution in [3.8, 4) is 0 Å². The van der Waals surface area contributed by atoms with Crippen molar-refractivity contribution in [2.45, 2.75) is 63.5 Å². The van der Waals surface area contributed by atoms with E-state index in [0.29, 0.717) is 11.1 Å². The number of methoxy groups -OCH3 is 1. The third kappa shape index (κ3) is 3.82. The standard InChI is InChI=1S/C19H24F3NO3/c1-11-16(26-18(24)23-11)15-10-13(19(20,21)22)8-9-14(15)17(25-2)12-6-4-3-5-7-12/h8-12,16-17H,3-7H2,1-2H3,(H,23,24)/t11-,16+,17?/m1/s1. The summed E-state index contributed by atoms with van der Waals surface area (Å²) in [7, 11) is 1.59. The first kappa shape index (κ1) is 19.0. The van der Waals surface area contributed by atoms with Crippen molar-refractivity contribution in [1.82, 2.24) is 5.32 Å². The first-order valence-corrected chi connectivity index (χ1v) is 9.02. The molecular formula is C19H24F3NO3. The minimum atomic E-state index is -4.46. The van der Waals surface area contributed by atoms with Crippen LogP contribution in [0.4, 0.5) is 18.0 Å². The monoisotopic (exact) mass is 371 g/mol. The fourth-order valence-electron chi connectivity index (χ4n) is 4.11. The predicted octanol–water partition coefficient (Wildman–Crippen LogP) is 5.14. The van der Waals surface area contributed by atoms with Crippen molar-refractivity contribution < 1.29 is 27.4 Å². The van der Waals surface area contributed by atoms with Gasteiger partial charge < -0.3 is 14.8 Å². The Morgan fingerprint density at radius 3 is 2.46 bits per heavy atom. The number of hydrogen-bond donors (Lipinski definition) is 1. The third-order valence-corrected chi connectivity index (χ3v) is 5.39. The van der Waals surface area contributed by atoms with Gasteiger partial charge in [0, 0.05) is 12.7 Å². The van der Waals surface area contributed by atoms with E-state index in [-0.39, 0.29) is 12.0 Å². The van der Waals surface area contributed by atoms with Gasteiger partial charge in [0.25, 0.3) is 0 Å². The average Bonchev–Trinajstić information content (AvgIpc) is 2.94. The number of amides is 1. The molecule has 0 bridgehead atoms. The van der Waals surface area contributed by atoms with Crippen LogP contribution in [0.2, 0.25) is 0 Å². The second-order valence-corrected chi connectivity index (χ2v) is 7.15. The van der Waals surface area contributed by atoms with Crippen molar-refractivity contribution in [2.75, 3.05) is 7.11 Å². The Hall–Kier alpha value is -1.76. The molecule has 7 heteroatoms. The van der Waals surface area contributed by atoms with E-state index in [4.69, 9.17) is 9.47 Å². The van der Waals surface area contributed by atoms with E-state index >= 15 is 0 Å². The minimum Gasteiger partial charge on any atom is -0.439 e. The van der Waals surface area contributed by atoms with Gasteiger partial charge in [-0.25, -0.2) is 4.79 Å². The summed E-state index contributed by atoms with van der Waals surface area (Å²) in [6.45, 7) is 1.72. The van der Waals surface area contributed by atoms with E-state index in [1.165, 1.54) is 12.5 Å². The van der Waals surface area contributed by atoms with Gasteiger partial charge in [0.15, 0.2) is 0 Å². The summed E-state index contributed by atoms with van der Waals surface area (Å²) in [5.41, 5.74) is 0.314. The van der Waals surface area contributed by atoms with Crippen LogP contribution in [0.1, 0.15) is 67.9 Å². The van der Waals surface area contributed by atoms with Crippen LogP contribution in [-0.4, -0.2) is 19.2 Å². The van der Waals surface area contributed by atoms with Crippen LogP contribution >= 0.6 is 0 Å². The quantitative estimate of drug-likeness (QED) is 0.797. The number of alkyl carbamates (subject to hydrolysis) is 1. The van der Waals surface area contributed by atoms with Crippen molar-refractivity contribution in [3.63, 3.8) is 0 Å². The molecule has 0 radical (unpaired) electrons. The van der Waals surface area contributed by atoms with Gasteiger partial charge in [0.2, 0.25) is 0 Å². The van der Waals surface area contributed by atoms with Gasteiger partial charge in [-0.2, -0.15) is 13.2 Å². The fraction of sp³-hybridized carbons (Fsp3) is 0.632. The molecule has 1 N–H and O–H groups in total. The molecule has 0 aromatic heterocycles. The number of rotatable bonds is 4. The van der Waals surface area contributed by atoms with Crippen molar-refractivity contribution in [2.24, 2.45) is 5.92 Å². The predicted molar refractivity (Wildman–Crippen MR) is 89.6 cm³/mol. The number of carbonyl (C=O) groups excluding carboxylic acids is 1. The molecule has 1 amide bonds. The zero-order valence-electron chi connectivity index (χ0n) is 14.9. The van der Waals surface area contributed by atoms with Gasteiger partial charge >= 0.3 is 12.3 Å². The minimum absolute atomic E-state index is 0.254. The lowest BCUT2D eigenvalue weighted by atomic mass is 9.80. The second kappa shape index (κ2) is 7.47. The number of hydrogen-bond acceptors (Lipinski definition) is 3. The number of benzene rings is 1. The molecule has 2 aliphatic rings. The lowest BCUT2D eigenvalue weighted by molar-refractivity contribution is -0.137. The number of ether oxygens (including phenoxy) is 2. The van der Waals surface area contributed by atoms with E-state index in [0.717, 1.165) is 37.8 Å². The summed E-state index contributed by atoms with van der Waals surface area (Å²) >= 11 is 0. The molecule has 26 heavy (non-hydrogen) atoms. The molecule has 1 aliphatic heterocycles. The highest BCUT2D eigenvalue weighted by Crippen LogP contribution is 2.42. The lowest BCUT2D eigenvalue weighted by Crippen LogP contribution is -2.26. The Balaban J connectivity index is 2.03. The van der Waals surface area contributed by atoms with Crippen LogP contribution in [-0.2, 0) is 15.7 Å². The van der Waals surface area contributed by atoms with Gasteiger partial charge in [-0.05, 0) is 43.4 Å². The maximum absolute atomic E-state index is 13.2. The Morgan fingerprint density at radius 1 is 1.23 bits per heavy atom. The molecule has 2 fully saturated rings. The number of alkyl halides is 3. The van der Waals surface area contributed by atoms with Gasteiger partial charge in [-0.1, -0.05) is 25.3 Å². The Bertz CT molecular complexity index is 656. The molecule has 4 nitrogen and oxygen atoms in total. The molecule has 3 atom stereocenters. The summed E-state index contributed by atoms with van der Waals surface area (Å²) in [4.78, 5) is 11.6. The molecule has 144 valence electrons. The summed E-state index contributed by atoms with van der Waals surface area (Å²) in [5.74, 6) is 0.254. The maximum atomic E-state index is 13.2. The van der Waals surface area contributed by atoms with Crippen LogP contribution in [0.3, 0.4) is 0 Å². The Kier molecular flexibility index (Phi) is 5.46. The molecule has 1 saturated carbocycles. The SMILES string of the molecule is COC(c1ccc(C(F)(F)F)cc1[C@H]1OC(=O)N[C@@H]1C)C1CCCCC1. The maximum Gasteiger partial charge on any atom is 0.416 e. The van der Waals surface area contributed by atoms with E-state index in [9.17, 15) is 18.0 Å². The van der Waals surface area contributed by atoms with E-state index in [1.54, 1.807) is 14.0 Å². The largest absolute Gasteiger partial charge is 0.439 e. The number of carbonyl (C=O) groups is 1. The van der Waals surface area contributed by atoms with Crippen LogP contribution in [0.5, 0.6) is 0 Å². The number of halogens is 3. The number of cyclic esters (lactones) is 1. The molecule has 1 aromatic rings. The molecule has 3 rings (SSSR count). The summed E-state index contributed by atoms with van der Waals surface area (Å²) < 4.78 is 50.7. The van der Waals surface area contributed by atoms with Crippen LogP contribution < -0.4 is 5.32 Å². The summed E-state index contributed by atoms with van der Waals surface area (Å²) in [6.07, 6.45) is -0.812. The second-order valence-electron chi connectivity index (χ2n) is 7.15. The van der Waals surface area contributed by atoms with Crippen molar-refractivity contribution in [3.05, 3.63) is 34.9 Å². The number of nitrogens with one attached hydrogen (secondary N) is 1. The van der Waals surface area contributed by atoms with Gasteiger partial charge in [-0.15, -0.1) is 0 Å². The van der Waals surface area contributed by atoms with Crippen molar-refractivity contribution in [1.29, 1.82) is 0 Å². The smallest absolute Gasteiger partial charge is 0.416 e. The first-order chi connectivity index (χ1) is 12.3. The molecule has 1 unspecified atom stereocenters. The highest BCUT2D eigenvalue weighted by atomic mass is 19.4. The van der Waals surface area contributed by atoms with Gasteiger partial charge in [0.1, 0.15) is 6.10 Å². The lowest BCUT2D eigenvalue weighted by Gasteiger charge is -2.32. The van der Waals surface area contributed by atoms with E-state index in [1.807, 2.05) is 0 Å². The molecule has 1 saturated heterocycles. The third-order valence-electron chi connectivity index (χ3n) is 5.39. The summed E-state index contributed by atoms with van der Waals surface area (Å²) in [6, 6.07) is 3.27. The van der Waals surface area contributed by atoms with Crippen LogP contribution in [0, 0.1) is 5.92 Å². The zero-order chi connectivity index (χ0) is 18.9.